The molecule has 1 fully saturated rings. The van der Waals surface area contributed by atoms with Crippen molar-refractivity contribution in [1.82, 2.24) is 10.6 Å². The smallest absolute Gasteiger partial charge is 0.306 e. The normalized spacial score (nSPS) is 16.5. The average molecular weight is 533 g/mol. The second kappa shape index (κ2) is 13.3. The molecule has 0 unspecified atom stereocenters. The van der Waals surface area contributed by atoms with E-state index in [1.807, 2.05) is 18.2 Å². The Kier molecular flexibility index (Phi) is 9.39. The molecule has 9 nitrogen and oxygen atoms in total. The number of carbonyl (C=O) groups is 3. The number of rotatable bonds is 11. The van der Waals surface area contributed by atoms with Gasteiger partial charge in [0.05, 0.1) is 19.1 Å². The highest BCUT2D eigenvalue weighted by molar-refractivity contribution is 5.95. The Morgan fingerprint density at radius 1 is 0.744 bits per heavy atom. The minimum atomic E-state index is -0.742. The van der Waals surface area contributed by atoms with Gasteiger partial charge in [0.25, 0.3) is 11.8 Å². The number of methoxy groups -OCH3 is 1. The van der Waals surface area contributed by atoms with Crippen molar-refractivity contribution in [3.63, 3.8) is 0 Å². The number of carboxylic acid groups (broad SMARTS) is 1. The van der Waals surface area contributed by atoms with E-state index < -0.39 is 5.97 Å². The number of ether oxygens (including phenoxy) is 3. The Bertz CT molecular complexity index is 1270. The van der Waals surface area contributed by atoms with Gasteiger partial charge in [-0.05, 0) is 86.3 Å². The SMILES string of the molecule is COc1cccc(Oc2ccc(C(=O)NCCNC(=O)c3ccc(O[C@H]4CC[C@@H](C(=O)O)CC4)cc3)cc2)c1. The average Bonchev–Trinajstić information content (AvgIpc) is 2.96. The molecule has 0 saturated heterocycles. The second-order valence-corrected chi connectivity index (χ2v) is 9.27. The van der Waals surface area contributed by atoms with Gasteiger partial charge in [-0.25, -0.2) is 0 Å². The predicted molar refractivity (Wildman–Crippen MR) is 145 cm³/mol. The van der Waals surface area contributed by atoms with Crippen LogP contribution in [-0.4, -0.2) is 49.2 Å². The van der Waals surface area contributed by atoms with Crippen molar-refractivity contribution in [3.8, 4) is 23.0 Å². The number of carboxylic acids is 1. The Balaban J connectivity index is 1.16. The van der Waals surface area contributed by atoms with E-state index >= 15 is 0 Å². The summed E-state index contributed by atoms with van der Waals surface area (Å²) in [5, 5.41) is 14.7. The summed E-state index contributed by atoms with van der Waals surface area (Å²) in [6.45, 7) is 0.541. The fraction of sp³-hybridized carbons (Fsp3) is 0.300. The summed E-state index contributed by atoms with van der Waals surface area (Å²) in [6.07, 6.45) is 2.61. The first-order valence-electron chi connectivity index (χ1n) is 12.9. The van der Waals surface area contributed by atoms with Crippen LogP contribution >= 0.6 is 0 Å². The Hall–Kier alpha value is -4.53. The third-order valence-corrected chi connectivity index (χ3v) is 6.53. The second-order valence-electron chi connectivity index (χ2n) is 9.27. The molecular weight excluding hydrogens is 500 g/mol. The van der Waals surface area contributed by atoms with E-state index in [1.54, 1.807) is 61.7 Å². The van der Waals surface area contributed by atoms with Crippen molar-refractivity contribution in [3.05, 3.63) is 83.9 Å². The summed E-state index contributed by atoms with van der Waals surface area (Å²) in [6, 6.07) is 20.9. The molecule has 1 aliphatic carbocycles. The summed E-state index contributed by atoms with van der Waals surface area (Å²) in [7, 11) is 1.59. The summed E-state index contributed by atoms with van der Waals surface area (Å²) in [5.41, 5.74) is 0.959. The van der Waals surface area contributed by atoms with E-state index in [-0.39, 0.29) is 36.9 Å². The maximum Gasteiger partial charge on any atom is 0.306 e. The van der Waals surface area contributed by atoms with Gasteiger partial charge in [-0.2, -0.15) is 0 Å². The lowest BCUT2D eigenvalue weighted by atomic mass is 9.87. The number of aliphatic carboxylic acids is 1. The zero-order valence-electron chi connectivity index (χ0n) is 21.7. The van der Waals surface area contributed by atoms with Crippen molar-refractivity contribution in [2.75, 3.05) is 20.2 Å². The van der Waals surface area contributed by atoms with Crippen molar-refractivity contribution in [2.24, 2.45) is 5.92 Å². The lowest BCUT2D eigenvalue weighted by molar-refractivity contribution is -0.143. The molecule has 0 heterocycles. The van der Waals surface area contributed by atoms with E-state index in [0.717, 1.165) is 0 Å². The number of benzene rings is 3. The molecule has 0 radical (unpaired) electrons. The zero-order valence-corrected chi connectivity index (χ0v) is 21.7. The summed E-state index contributed by atoms with van der Waals surface area (Å²) in [4.78, 5) is 36.0. The van der Waals surface area contributed by atoms with E-state index in [2.05, 4.69) is 10.6 Å². The van der Waals surface area contributed by atoms with Gasteiger partial charge in [0.2, 0.25) is 0 Å². The fourth-order valence-electron chi connectivity index (χ4n) is 4.34. The first-order valence-corrected chi connectivity index (χ1v) is 12.9. The van der Waals surface area contributed by atoms with Crippen LogP contribution in [0.2, 0.25) is 0 Å². The number of hydrogen-bond donors (Lipinski definition) is 3. The van der Waals surface area contributed by atoms with Crippen LogP contribution in [0.5, 0.6) is 23.0 Å². The largest absolute Gasteiger partial charge is 0.497 e. The van der Waals surface area contributed by atoms with Crippen LogP contribution < -0.4 is 24.8 Å². The van der Waals surface area contributed by atoms with E-state index in [1.165, 1.54) is 0 Å². The molecule has 0 atom stereocenters. The number of nitrogens with one attached hydrogen (secondary N) is 2. The van der Waals surface area contributed by atoms with Crippen molar-refractivity contribution in [1.29, 1.82) is 0 Å². The molecule has 1 saturated carbocycles. The standard InChI is InChI=1S/C30H32N2O7/c1-37-26-3-2-4-27(19-26)39-25-13-7-21(8-14-25)29(34)32-18-17-31-28(33)20-5-11-23(12-6-20)38-24-15-9-22(10-16-24)30(35)36/h2-8,11-14,19,22,24H,9-10,15-18H2,1H3,(H,31,33)(H,32,34)(H,35,36)/t22-,24+. The van der Waals surface area contributed by atoms with Crippen LogP contribution in [0.3, 0.4) is 0 Å². The molecule has 2 amide bonds. The van der Waals surface area contributed by atoms with Gasteiger partial charge in [0.15, 0.2) is 0 Å². The maximum absolute atomic E-state index is 12.4. The minimum absolute atomic E-state index is 0.0133. The third kappa shape index (κ3) is 7.98. The topological polar surface area (TPSA) is 123 Å². The molecule has 3 N–H and O–H groups in total. The van der Waals surface area contributed by atoms with Gasteiger partial charge in [0, 0.05) is 30.3 Å². The van der Waals surface area contributed by atoms with Gasteiger partial charge in [0.1, 0.15) is 23.0 Å². The van der Waals surface area contributed by atoms with Crippen LogP contribution in [0.25, 0.3) is 0 Å². The van der Waals surface area contributed by atoms with Crippen LogP contribution in [0, 0.1) is 5.92 Å². The number of amides is 2. The molecule has 0 aliphatic heterocycles. The quantitative estimate of drug-likeness (QED) is 0.307. The number of hydrogen-bond acceptors (Lipinski definition) is 6. The predicted octanol–water partition coefficient (Wildman–Crippen LogP) is 4.67. The van der Waals surface area contributed by atoms with Crippen molar-refractivity contribution < 1.29 is 33.7 Å². The highest BCUT2D eigenvalue weighted by Crippen LogP contribution is 2.28. The molecule has 9 heteroatoms. The Labute approximate surface area is 227 Å². The highest BCUT2D eigenvalue weighted by Gasteiger charge is 2.26. The highest BCUT2D eigenvalue weighted by atomic mass is 16.5. The molecular formula is C30H32N2O7. The lowest BCUT2D eigenvalue weighted by Crippen LogP contribution is -2.34. The van der Waals surface area contributed by atoms with Crippen molar-refractivity contribution >= 4 is 17.8 Å². The van der Waals surface area contributed by atoms with Crippen LogP contribution in [0.15, 0.2) is 72.8 Å². The van der Waals surface area contributed by atoms with E-state index in [4.69, 9.17) is 19.3 Å². The molecule has 0 aromatic heterocycles. The molecule has 204 valence electrons. The lowest BCUT2D eigenvalue weighted by Gasteiger charge is -2.26. The minimum Gasteiger partial charge on any atom is -0.497 e. The van der Waals surface area contributed by atoms with Gasteiger partial charge < -0.3 is 30.0 Å². The van der Waals surface area contributed by atoms with Gasteiger partial charge >= 0.3 is 5.97 Å². The maximum atomic E-state index is 12.4. The van der Waals surface area contributed by atoms with E-state index in [9.17, 15) is 14.4 Å². The molecule has 4 rings (SSSR count). The van der Waals surface area contributed by atoms with Crippen molar-refractivity contribution in [2.45, 2.75) is 31.8 Å². The summed E-state index contributed by atoms with van der Waals surface area (Å²) >= 11 is 0. The molecule has 3 aromatic carbocycles. The first kappa shape index (κ1) is 27.5. The Morgan fingerprint density at radius 3 is 1.82 bits per heavy atom. The molecule has 3 aromatic rings. The fourth-order valence-corrected chi connectivity index (χ4v) is 4.34. The zero-order chi connectivity index (χ0) is 27.6. The van der Waals surface area contributed by atoms with E-state index in [0.29, 0.717) is 59.8 Å². The molecule has 39 heavy (non-hydrogen) atoms. The Morgan fingerprint density at radius 2 is 1.28 bits per heavy atom. The van der Waals surface area contributed by atoms with Gasteiger partial charge in [-0.15, -0.1) is 0 Å². The molecule has 0 spiro atoms. The molecule has 0 bridgehead atoms. The molecule has 1 aliphatic rings. The third-order valence-electron chi connectivity index (χ3n) is 6.53. The van der Waals surface area contributed by atoms with Crippen LogP contribution in [0.1, 0.15) is 46.4 Å². The number of carbonyl (C=O) groups excluding carboxylic acids is 2. The van der Waals surface area contributed by atoms with Crippen LogP contribution in [0.4, 0.5) is 0 Å². The van der Waals surface area contributed by atoms with Gasteiger partial charge in [-0.1, -0.05) is 6.07 Å². The summed E-state index contributed by atoms with van der Waals surface area (Å²) in [5.74, 6) is 1.03. The van der Waals surface area contributed by atoms with Crippen LogP contribution in [-0.2, 0) is 4.79 Å². The first-order chi connectivity index (χ1) is 18.9. The summed E-state index contributed by atoms with van der Waals surface area (Å²) < 4.78 is 16.9. The van der Waals surface area contributed by atoms with Gasteiger partial charge in [-0.3, -0.25) is 14.4 Å². The monoisotopic (exact) mass is 532 g/mol.